The van der Waals surface area contributed by atoms with Gasteiger partial charge in [0.05, 0.1) is 32.0 Å². The van der Waals surface area contributed by atoms with Gasteiger partial charge in [-0.1, -0.05) is 0 Å². The van der Waals surface area contributed by atoms with Crippen LogP contribution in [0.15, 0.2) is 0 Å². The highest BCUT2D eigenvalue weighted by Crippen LogP contribution is 2.27. The summed E-state index contributed by atoms with van der Waals surface area (Å²) in [5.41, 5.74) is 0. The van der Waals surface area contributed by atoms with E-state index in [9.17, 15) is 5.11 Å². The van der Waals surface area contributed by atoms with Gasteiger partial charge in [-0.05, 0) is 39.4 Å². The Morgan fingerprint density at radius 2 is 2.11 bits per heavy atom. The second-order valence-corrected chi connectivity index (χ2v) is 6.56. The van der Waals surface area contributed by atoms with Gasteiger partial charge in [0.25, 0.3) is 0 Å². The van der Waals surface area contributed by atoms with Gasteiger partial charge in [-0.2, -0.15) is 11.8 Å². The molecular formula is C14H29NO3S. The summed E-state index contributed by atoms with van der Waals surface area (Å²) in [5, 5.41) is 14.0. The molecule has 1 fully saturated rings. The molecule has 1 rings (SSSR count). The maximum absolute atomic E-state index is 9.81. The average molecular weight is 291 g/mol. The van der Waals surface area contributed by atoms with Gasteiger partial charge < -0.3 is 19.9 Å². The fourth-order valence-electron chi connectivity index (χ4n) is 2.26. The lowest BCUT2D eigenvalue weighted by Crippen LogP contribution is -2.36. The van der Waals surface area contributed by atoms with Crippen LogP contribution in [0.3, 0.4) is 0 Å². The van der Waals surface area contributed by atoms with Crippen molar-refractivity contribution in [3.8, 4) is 0 Å². The zero-order valence-electron chi connectivity index (χ0n) is 12.4. The van der Waals surface area contributed by atoms with Crippen molar-refractivity contribution in [2.75, 3.05) is 32.6 Å². The topological polar surface area (TPSA) is 50.7 Å². The van der Waals surface area contributed by atoms with Crippen LogP contribution in [-0.2, 0) is 9.47 Å². The second-order valence-electron chi connectivity index (χ2n) is 5.42. The number of nitrogens with one attached hydrogen (secondary N) is 1. The van der Waals surface area contributed by atoms with Gasteiger partial charge in [0.1, 0.15) is 0 Å². The first-order valence-corrected chi connectivity index (χ1v) is 8.54. The molecule has 114 valence electrons. The van der Waals surface area contributed by atoms with Gasteiger partial charge in [-0.25, -0.2) is 0 Å². The number of rotatable bonds is 10. The molecule has 0 bridgehead atoms. The van der Waals surface area contributed by atoms with Crippen LogP contribution in [0.4, 0.5) is 0 Å². The summed E-state index contributed by atoms with van der Waals surface area (Å²) in [7, 11) is 0. The molecule has 0 amide bonds. The van der Waals surface area contributed by atoms with E-state index in [0.29, 0.717) is 32.4 Å². The molecule has 0 spiro atoms. The Hall–Kier alpha value is 0.190. The summed E-state index contributed by atoms with van der Waals surface area (Å²) < 4.78 is 10.7. The minimum Gasteiger partial charge on any atom is -0.389 e. The highest BCUT2D eigenvalue weighted by molar-refractivity contribution is 7.99. The van der Waals surface area contributed by atoms with Gasteiger partial charge in [-0.15, -0.1) is 0 Å². The van der Waals surface area contributed by atoms with E-state index in [1.165, 1.54) is 19.3 Å². The summed E-state index contributed by atoms with van der Waals surface area (Å²) >= 11 is 1.95. The minimum absolute atomic E-state index is 0.238. The predicted molar refractivity (Wildman–Crippen MR) is 80.9 cm³/mol. The van der Waals surface area contributed by atoms with Gasteiger partial charge >= 0.3 is 0 Å². The Morgan fingerprint density at radius 1 is 1.32 bits per heavy atom. The summed E-state index contributed by atoms with van der Waals surface area (Å²) in [5.74, 6) is 0. The Balaban J connectivity index is 1.95. The molecule has 3 unspecified atom stereocenters. The van der Waals surface area contributed by atoms with Crippen molar-refractivity contribution in [3.05, 3.63) is 0 Å². The van der Waals surface area contributed by atoms with Crippen LogP contribution in [0.5, 0.6) is 0 Å². The largest absolute Gasteiger partial charge is 0.389 e. The fraction of sp³-hybridized carbons (Fsp3) is 1.00. The third kappa shape index (κ3) is 8.15. The molecule has 0 aromatic carbocycles. The molecule has 4 nitrogen and oxygen atoms in total. The number of thioether (sulfide) groups is 1. The molecule has 1 aliphatic carbocycles. The van der Waals surface area contributed by atoms with E-state index >= 15 is 0 Å². The molecule has 2 N–H and O–H groups in total. The highest BCUT2D eigenvalue weighted by atomic mass is 32.2. The van der Waals surface area contributed by atoms with Crippen molar-refractivity contribution in [2.24, 2.45) is 0 Å². The van der Waals surface area contributed by atoms with Gasteiger partial charge in [0, 0.05) is 17.8 Å². The summed E-state index contributed by atoms with van der Waals surface area (Å²) in [4.78, 5) is 0. The van der Waals surface area contributed by atoms with Crippen molar-refractivity contribution in [1.29, 1.82) is 0 Å². The maximum atomic E-state index is 9.81. The molecule has 1 saturated carbocycles. The van der Waals surface area contributed by atoms with E-state index in [1.54, 1.807) is 0 Å². The predicted octanol–water partition coefficient (Wildman–Crippen LogP) is 1.66. The summed E-state index contributed by atoms with van der Waals surface area (Å²) in [6, 6.07) is 0.566. The van der Waals surface area contributed by atoms with E-state index in [4.69, 9.17) is 9.47 Å². The summed E-state index contributed by atoms with van der Waals surface area (Å²) in [6.07, 6.45) is 5.72. The Morgan fingerprint density at radius 3 is 2.74 bits per heavy atom. The van der Waals surface area contributed by atoms with Crippen LogP contribution in [0.25, 0.3) is 0 Å². The number of aliphatic hydroxyl groups excluding tert-OH is 1. The molecule has 0 radical (unpaired) electrons. The van der Waals surface area contributed by atoms with Gasteiger partial charge in [-0.3, -0.25) is 0 Å². The second kappa shape index (κ2) is 10.00. The van der Waals surface area contributed by atoms with Crippen LogP contribution in [0.2, 0.25) is 0 Å². The van der Waals surface area contributed by atoms with Crippen LogP contribution in [-0.4, -0.2) is 61.2 Å². The van der Waals surface area contributed by atoms with Crippen molar-refractivity contribution >= 4 is 11.8 Å². The van der Waals surface area contributed by atoms with Crippen molar-refractivity contribution < 1.29 is 14.6 Å². The molecule has 0 aromatic rings. The average Bonchev–Trinajstić information content (AvgIpc) is 2.83. The van der Waals surface area contributed by atoms with E-state index in [0.717, 1.165) is 5.25 Å². The summed E-state index contributed by atoms with van der Waals surface area (Å²) in [6.45, 7) is 6.15. The Labute approximate surface area is 121 Å². The number of hydrogen-bond acceptors (Lipinski definition) is 5. The third-order valence-corrected chi connectivity index (χ3v) is 4.44. The smallest absolute Gasteiger partial charge is 0.0897 e. The zero-order valence-corrected chi connectivity index (χ0v) is 13.2. The minimum atomic E-state index is -0.424. The number of hydrogen-bond donors (Lipinski definition) is 2. The molecule has 1 aliphatic rings. The maximum Gasteiger partial charge on any atom is 0.0897 e. The molecule has 19 heavy (non-hydrogen) atoms. The van der Waals surface area contributed by atoms with E-state index < -0.39 is 6.10 Å². The van der Waals surface area contributed by atoms with Gasteiger partial charge in [0.2, 0.25) is 0 Å². The van der Waals surface area contributed by atoms with E-state index in [-0.39, 0.29) is 6.10 Å². The third-order valence-electron chi connectivity index (χ3n) is 3.35. The number of ether oxygens (including phenoxy) is 2. The molecular weight excluding hydrogens is 262 g/mol. The molecule has 0 aromatic heterocycles. The normalized spacial score (nSPS) is 25.1. The Bertz CT molecular complexity index is 229. The highest BCUT2D eigenvalue weighted by Gasteiger charge is 2.23. The van der Waals surface area contributed by atoms with Gasteiger partial charge in [0.15, 0.2) is 0 Å². The zero-order chi connectivity index (χ0) is 14.1. The van der Waals surface area contributed by atoms with E-state index in [2.05, 4.69) is 11.6 Å². The lowest BCUT2D eigenvalue weighted by molar-refractivity contribution is -0.0104. The first-order chi connectivity index (χ1) is 9.11. The standard InChI is InChI=1S/C14H29NO3S/c1-11(2)18-7-6-17-10-13(16)9-15-12-4-5-14(8-12)19-3/h11-16H,4-10H2,1-3H3. The van der Waals surface area contributed by atoms with Crippen molar-refractivity contribution in [2.45, 2.75) is 56.6 Å². The van der Waals surface area contributed by atoms with Crippen LogP contribution in [0, 0.1) is 0 Å². The lowest BCUT2D eigenvalue weighted by Gasteiger charge is -2.17. The van der Waals surface area contributed by atoms with Crippen molar-refractivity contribution in [3.63, 3.8) is 0 Å². The molecule has 0 saturated heterocycles. The first-order valence-electron chi connectivity index (χ1n) is 7.25. The SMILES string of the molecule is CSC1CCC(NCC(O)COCCOC(C)C)C1. The van der Waals surface area contributed by atoms with Crippen LogP contribution >= 0.6 is 11.8 Å². The molecule has 0 heterocycles. The first kappa shape index (κ1) is 17.2. The quantitative estimate of drug-likeness (QED) is 0.600. The van der Waals surface area contributed by atoms with Crippen LogP contribution in [0.1, 0.15) is 33.1 Å². The molecule has 0 aliphatic heterocycles. The monoisotopic (exact) mass is 291 g/mol. The fourth-order valence-corrected chi connectivity index (χ4v) is 3.06. The molecule has 3 atom stereocenters. The molecule has 5 heteroatoms. The Kier molecular flexibility index (Phi) is 9.07. The number of aliphatic hydroxyl groups is 1. The van der Waals surface area contributed by atoms with Crippen LogP contribution < -0.4 is 5.32 Å². The van der Waals surface area contributed by atoms with E-state index in [1.807, 2.05) is 25.6 Å². The van der Waals surface area contributed by atoms with Crippen molar-refractivity contribution in [1.82, 2.24) is 5.32 Å². The lowest BCUT2D eigenvalue weighted by atomic mass is 10.2.